The molecule has 1 aliphatic heterocycles. The normalized spacial score (nSPS) is 25.9. The zero-order chi connectivity index (χ0) is 12.5. The van der Waals surface area contributed by atoms with Gasteiger partial charge in [0.25, 0.3) is 0 Å². The van der Waals surface area contributed by atoms with Crippen molar-refractivity contribution >= 4 is 15.8 Å². The predicted octanol–water partition coefficient (Wildman–Crippen LogP) is 1.21. The first-order valence-electron chi connectivity index (χ1n) is 5.08. The number of halogens is 1. The molecule has 4 nitrogen and oxygen atoms in total. The first-order chi connectivity index (χ1) is 7.96. The highest BCUT2D eigenvalue weighted by molar-refractivity contribution is 7.94. The molecule has 1 aromatic carbocycles. The number of ether oxygens (including phenoxy) is 1. The maximum Gasteiger partial charge on any atom is 0.360 e. The zero-order valence-corrected chi connectivity index (χ0v) is 9.74. The van der Waals surface area contributed by atoms with Crippen LogP contribution in [0.5, 0.6) is 0 Å². The number of sulfone groups is 1. The molecule has 6 heteroatoms. The topological polar surface area (TPSA) is 60.4 Å². The Hall–Kier alpha value is -1.43. The third-order valence-electron chi connectivity index (χ3n) is 2.70. The lowest BCUT2D eigenvalue weighted by Gasteiger charge is -2.30. The Morgan fingerprint density at radius 2 is 2.00 bits per heavy atom. The molecule has 17 heavy (non-hydrogen) atoms. The van der Waals surface area contributed by atoms with Crippen LogP contribution in [0.2, 0.25) is 0 Å². The predicted molar refractivity (Wildman–Crippen MR) is 58.5 cm³/mol. The molecule has 1 saturated heterocycles. The van der Waals surface area contributed by atoms with Crippen molar-refractivity contribution in [3.8, 4) is 0 Å². The molecule has 0 saturated carbocycles. The molecule has 2 rings (SSSR count). The van der Waals surface area contributed by atoms with Gasteiger partial charge in [0.1, 0.15) is 6.61 Å². The summed E-state index contributed by atoms with van der Waals surface area (Å²) in [6.45, 7) is -0.124. The minimum atomic E-state index is -3.97. The van der Waals surface area contributed by atoms with Gasteiger partial charge in [0, 0.05) is 6.42 Å². The van der Waals surface area contributed by atoms with E-state index >= 15 is 0 Å². The van der Waals surface area contributed by atoms with Crippen LogP contribution in [0.1, 0.15) is 12.0 Å². The average molecular weight is 258 g/mol. The molecule has 0 bridgehead atoms. The van der Waals surface area contributed by atoms with E-state index in [0.29, 0.717) is 5.56 Å². The largest absolute Gasteiger partial charge is 0.458 e. The molecule has 0 spiro atoms. The summed E-state index contributed by atoms with van der Waals surface area (Å²) in [6, 6.07) is 8.68. The van der Waals surface area contributed by atoms with Crippen LogP contribution in [0.15, 0.2) is 30.3 Å². The minimum Gasteiger partial charge on any atom is -0.458 e. The van der Waals surface area contributed by atoms with E-state index in [1.807, 2.05) is 0 Å². The van der Waals surface area contributed by atoms with Gasteiger partial charge < -0.3 is 4.74 Å². The van der Waals surface area contributed by atoms with Crippen molar-refractivity contribution in [2.45, 2.75) is 18.0 Å². The van der Waals surface area contributed by atoms with E-state index < -0.39 is 20.8 Å². The summed E-state index contributed by atoms with van der Waals surface area (Å²) in [5.74, 6) is -1.61. The van der Waals surface area contributed by atoms with Gasteiger partial charge in [0.05, 0.1) is 5.75 Å². The maximum absolute atomic E-state index is 13.7. The monoisotopic (exact) mass is 258 g/mol. The summed E-state index contributed by atoms with van der Waals surface area (Å²) in [4.78, 5) is 11.4. The van der Waals surface area contributed by atoms with Gasteiger partial charge in [0.2, 0.25) is 0 Å². The van der Waals surface area contributed by atoms with Gasteiger partial charge >= 0.3 is 11.0 Å². The van der Waals surface area contributed by atoms with Gasteiger partial charge in [-0.25, -0.2) is 17.6 Å². The quantitative estimate of drug-likeness (QED) is 0.765. The maximum atomic E-state index is 13.7. The Morgan fingerprint density at radius 3 is 2.47 bits per heavy atom. The fourth-order valence-corrected chi connectivity index (χ4v) is 2.72. The van der Waals surface area contributed by atoms with E-state index in [-0.39, 0.29) is 18.8 Å². The molecule has 0 aromatic heterocycles. The van der Waals surface area contributed by atoms with Crippen LogP contribution in [0.3, 0.4) is 0 Å². The van der Waals surface area contributed by atoms with Gasteiger partial charge in [-0.1, -0.05) is 30.3 Å². The van der Waals surface area contributed by atoms with E-state index in [9.17, 15) is 17.6 Å². The minimum absolute atomic E-state index is 0.124. The van der Waals surface area contributed by atoms with Crippen LogP contribution < -0.4 is 0 Å². The number of carbonyl (C=O) groups excluding carboxylic acids is 1. The number of benzene rings is 1. The van der Waals surface area contributed by atoms with Gasteiger partial charge in [-0.3, -0.25) is 0 Å². The second-order valence-electron chi connectivity index (χ2n) is 3.86. The third-order valence-corrected chi connectivity index (χ3v) is 4.80. The fourth-order valence-electron chi connectivity index (χ4n) is 1.51. The molecule has 1 atom stereocenters. The average Bonchev–Trinajstić information content (AvgIpc) is 2.34. The Bertz CT molecular complexity index is 526. The van der Waals surface area contributed by atoms with Crippen LogP contribution in [0, 0.1) is 0 Å². The second-order valence-corrected chi connectivity index (χ2v) is 6.14. The Labute approximate surface area is 98.3 Å². The molecule has 0 amide bonds. The van der Waals surface area contributed by atoms with Crippen LogP contribution >= 0.6 is 0 Å². The van der Waals surface area contributed by atoms with Crippen molar-refractivity contribution in [1.82, 2.24) is 0 Å². The molecular formula is C11H11FO4S. The van der Waals surface area contributed by atoms with Crippen LogP contribution in [-0.2, 0) is 26.0 Å². The molecule has 1 unspecified atom stereocenters. The highest BCUT2D eigenvalue weighted by Gasteiger charge is 2.60. The fraction of sp³-hybridized carbons (Fsp3) is 0.364. The number of esters is 1. The number of carbonyl (C=O) groups is 1. The first-order valence-corrected chi connectivity index (χ1v) is 6.73. The van der Waals surface area contributed by atoms with Crippen molar-refractivity contribution in [3.05, 3.63) is 35.9 Å². The second kappa shape index (κ2) is 4.10. The standard InChI is InChI=1S/C11H11FO4S/c12-11(6-7-17(11,14)15)10(13)16-8-9-4-2-1-3-5-9/h1-5H,6-8H2. The molecule has 1 fully saturated rings. The smallest absolute Gasteiger partial charge is 0.360 e. The molecule has 92 valence electrons. The summed E-state index contributed by atoms with van der Waals surface area (Å²) in [5, 5.41) is -2.83. The molecule has 1 aromatic rings. The van der Waals surface area contributed by atoms with Crippen LogP contribution in [0.4, 0.5) is 4.39 Å². The van der Waals surface area contributed by atoms with Crippen LogP contribution in [-0.4, -0.2) is 25.1 Å². The van der Waals surface area contributed by atoms with Crippen molar-refractivity contribution in [1.29, 1.82) is 0 Å². The summed E-state index contributed by atoms with van der Waals surface area (Å²) in [5.41, 5.74) is 0.682. The van der Waals surface area contributed by atoms with Gasteiger partial charge in [-0.15, -0.1) is 0 Å². The molecule has 0 N–H and O–H groups in total. The van der Waals surface area contributed by atoms with Crippen molar-refractivity contribution in [3.63, 3.8) is 0 Å². The zero-order valence-electron chi connectivity index (χ0n) is 8.93. The summed E-state index contributed by atoms with van der Waals surface area (Å²) in [7, 11) is -3.97. The van der Waals surface area contributed by atoms with E-state index in [4.69, 9.17) is 0 Å². The molecule has 0 aliphatic carbocycles. The summed E-state index contributed by atoms with van der Waals surface area (Å²) < 4.78 is 40.6. The molecule has 1 aliphatic rings. The van der Waals surface area contributed by atoms with E-state index in [1.165, 1.54) is 0 Å². The number of rotatable bonds is 3. The van der Waals surface area contributed by atoms with E-state index in [0.717, 1.165) is 0 Å². The summed E-state index contributed by atoms with van der Waals surface area (Å²) >= 11 is 0. The first kappa shape index (κ1) is 12.0. The van der Waals surface area contributed by atoms with Crippen molar-refractivity contribution < 1.29 is 22.3 Å². The lowest BCUT2D eigenvalue weighted by Crippen LogP contribution is -2.54. The Morgan fingerprint density at radius 1 is 1.35 bits per heavy atom. The van der Waals surface area contributed by atoms with E-state index in [2.05, 4.69) is 4.74 Å². The Kier molecular flexibility index (Phi) is 2.91. The summed E-state index contributed by atoms with van der Waals surface area (Å²) in [6.07, 6.45) is -0.317. The molecule has 0 radical (unpaired) electrons. The van der Waals surface area contributed by atoms with Crippen molar-refractivity contribution in [2.24, 2.45) is 0 Å². The lowest BCUT2D eigenvalue weighted by molar-refractivity contribution is -0.154. The molecular weight excluding hydrogens is 247 g/mol. The van der Waals surface area contributed by atoms with E-state index in [1.54, 1.807) is 30.3 Å². The van der Waals surface area contributed by atoms with Crippen LogP contribution in [0.25, 0.3) is 0 Å². The van der Waals surface area contributed by atoms with Gasteiger partial charge in [0.15, 0.2) is 9.84 Å². The lowest BCUT2D eigenvalue weighted by atomic mass is 10.2. The SMILES string of the molecule is O=C(OCc1ccccc1)C1(F)CCS1(=O)=O. The van der Waals surface area contributed by atoms with Gasteiger partial charge in [-0.05, 0) is 5.56 Å². The Balaban J connectivity index is 2.00. The third kappa shape index (κ3) is 2.04. The van der Waals surface area contributed by atoms with Crippen molar-refractivity contribution in [2.75, 3.05) is 5.75 Å². The molecule has 1 heterocycles. The highest BCUT2D eigenvalue weighted by Crippen LogP contribution is 2.36. The highest BCUT2D eigenvalue weighted by atomic mass is 32.2. The van der Waals surface area contributed by atoms with Gasteiger partial charge in [-0.2, -0.15) is 0 Å². The number of alkyl halides is 1. The number of hydrogen-bond acceptors (Lipinski definition) is 4. The number of hydrogen-bond donors (Lipinski definition) is 0.